The van der Waals surface area contributed by atoms with Crippen LogP contribution in [-0.4, -0.2) is 24.5 Å². The number of carbonyl (C=O) groups excluding carboxylic acids is 1. The van der Waals surface area contributed by atoms with E-state index in [-0.39, 0.29) is 28.0 Å². The molecule has 0 aromatic heterocycles. The lowest BCUT2D eigenvalue weighted by Gasteiger charge is -2.37. The van der Waals surface area contributed by atoms with Crippen LogP contribution in [0.5, 0.6) is 0 Å². The first-order valence-electron chi connectivity index (χ1n) is 38.3. The van der Waals surface area contributed by atoms with Crippen molar-refractivity contribution < 1.29 is 17.8 Å². The molecule has 0 amide bonds. The number of aryl methyl sites for hydroxylation is 9. The van der Waals surface area contributed by atoms with E-state index in [1.54, 1.807) is 50.1 Å². The van der Waals surface area contributed by atoms with Crippen molar-refractivity contribution in [1.29, 1.82) is 0 Å². The second-order valence-electron chi connectivity index (χ2n) is 28.7. The number of hydrogen-bond acceptors (Lipinski definition) is 4. The minimum Gasteiger partial charge on any atom is -0.748 e. The molecule has 2 aliphatic carbocycles. The molecule has 2 saturated carbocycles. The summed E-state index contributed by atoms with van der Waals surface area (Å²) in [5.74, 6) is -0.280. The first-order chi connectivity index (χ1) is 42.6. The van der Waals surface area contributed by atoms with Gasteiger partial charge in [-0.2, -0.15) is 0 Å². The van der Waals surface area contributed by atoms with Crippen LogP contribution < -0.4 is 0 Å². The van der Waals surface area contributed by atoms with E-state index in [1.165, 1.54) is 289 Å². The minimum atomic E-state index is -4.33. The van der Waals surface area contributed by atoms with Gasteiger partial charge in [0.05, 0.1) is 15.9 Å². The zero-order valence-corrected chi connectivity index (χ0v) is 61.3. The highest BCUT2D eigenvalue weighted by Gasteiger charge is 2.64. The van der Waals surface area contributed by atoms with Crippen molar-refractivity contribution in [2.75, 3.05) is 5.75 Å². The van der Waals surface area contributed by atoms with Crippen LogP contribution in [0.4, 0.5) is 0 Å². The lowest BCUT2D eigenvalue weighted by atomic mass is 9.70. The average Bonchev–Trinajstić information content (AvgIpc) is 1.53. The van der Waals surface area contributed by atoms with Gasteiger partial charge in [-0.15, -0.1) is 0 Å². The minimum absolute atomic E-state index is 0.0248. The number of Topliss-reactive ketones (excluding diaryl/α,β-unsaturated/α-hetero) is 1. The number of ketones is 1. The Morgan fingerprint density at radius 3 is 0.784 bits per heavy atom. The fourth-order valence-corrected chi connectivity index (χ4v) is 19.7. The smallest absolute Gasteiger partial charge is 0.172 e. The van der Waals surface area contributed by atoms with E-state index in [9.17, 15) is 17.8 Å². The summed E-state index contributed by atoms with van der Waals surface area (Å²) in [6, 6.07) is 17.1. The molecule has 0 N–H and O–H groups in total. The molecule has 2 fully saturated rings. The van der Waals surface area contributed by atoms with Crippen molar-refractivity contribution in [2.45, 2.75) is 399 Å². The van der Waals surface area contributed by atoms with Crippen LogP contribution in [0.25, 0.3) is 0 Å². The Kier molecular flexibility index (Phi) is 39.2. The molecule has 2 unspecified atom stereocenters. The lowest BCUT2D eigenvalue weighted by molar-refractivity contribution is -0.128. The summed E-state index contributed by atoms with van der Waals surface area (Å²) in [4.78, 5) is 17.3. The summed E-state index contributed by atoms with van der Waals surface area (Å²) < 4.78 is 32.7. The summed E-state index contributed by atoms with van der Waals surface area (Å²) in [5.41, 5.74) is 14.3. The lowest BCUT2D eigenvalue weighted by Crippen LogP contribution is -2.42. The van der Waals surface area contributed by atoms with Crippen molar-refractivity contribution >= 4 is 26.8 Å². The van der Waals surface area contributed by atoms with E-state index >= 15 is 0 Å². The fourth-order valence-electron chi connectivity index (χ4n) is 15.3. The first kappa shape index (κ1) is 78.0. The molecule has 2 aliphatic rings. The van der Waals surface area contributed by atoms with E-state index in [0.29, 0.717) is 12.8 Å². The van der Waals surface area contributed by atoms with Crippen LogP contribution in [0, 0.1) is 16.7 Å². The number of rotatable bonds is 50. The second-order valence-corrected chi connectivity index (χ2v) is 31.9. The third-order valence-electron chi connectivity index (χ3n) is 20.8. The largest absolute Gasteiger partial charge is 0.748 e. The first-order valence-corrected chi connectivity index (χ1v) is 41.1. The maximum atomic E-state index is 11.8. The van der Waals surface area contributed by atoms with Gasteiger partial charge in [0.15, 0.2) is 14.7 Å². The maximum Gasteiger partial charge on any atom is 0.172 e. The van der Waals surface area contributed by atoms with Crippen LogP contribution in [0.2, 0.25) is 0 Å². The normalized spacial score (nSPS) is 16.3. The van der Waals surface area contributed by atoms with Gasteiger partial charge in [-0.05, 0) is 156 Å². The Labute approximate surface area is 549 Å². The van der Waals surface area contributed by atoms with E-state index in [2.05, 4.69) is 98.7 Å². The van der Waals surface area contributed by atoms with Gasteiger partial charge in [-0.25, -0.2) is 8.42 Å². The van der Waals surface area contributed by atoms with Crippen molar-refractivity contribution in [3.05, 3.63) is 86.5 Å². The Hall–Kier alpha value is -2.41. The fraction of sp³-hybridized carbons (Fsp3) is 0.768. The highest BCUT2D eigenvalue weighted by Crippen LogP contribution is 2.64. The summed E-state index contributed by atoms with van der Waals surface area (Å²) in [7, 11) is -4.50. The maximum absolute atomic E-state index is 11.8. The second kappa shape index (κ2) is 44.2. The molecule has 0 saturated heterocycles. The van der Waals surface area contributed by atoms with Gasteiger partial charge in [-0.3, -0.25) is 4.79 Å². The molecule has 2 atom stereocenters. The average molecular weight is 1250 g/mol. The summed E-state index contributed by atoms with van der Waals surface area (Å²) in [5, 5.41) is 0. The topological polar surface area (TPSA) is 74.3 Å². The standard InChI is InChI=1S/C72H123S.C10H16O4S/c1-10-19-28-37-46-61-55-64(49-40-31-22-13-4)70(65(56-61)50-41-32-23-14-5)73(71-66(51-42-33-24-15-6)57-62(47-38-29-20-11-2)58-67(71)52-43-34-25-16-7)72-68(53-44-35-26-17-8)59-63(48-39-30-21-12-3)60-69(72)54-45-36-27-18-9;1-9(2)7-3-4-10(9,8(11)5-7)6-15(12,13)14/h55-60H,10-54H2,1-9H3;7H,3-6H2,1-2H3,(H,12,13,14)/q+1;/p-1. The Morgan fingerprint density at radius 1 is 0.375 bits per heavy atom. The third-order valence-corrected chi connectivity index (χ3v) is 24.5. The highest BCUT2D eigenvalue weighted by atomic mass is 32.2. The summed E-state index contributed by atoms with van der Waals surface area (Å²) in [6.07, 6.45) is 61.2. The van der Waals surface area contributed by atoms with E-state index in [4.69, 9.17) is 0 Å². The Morgan fingerprint density at radius 2 is 0.602 bits per heavy atom. The van der Waals surface area contributed by atoms with Crippen LogP contribution in [0.15, 0.2) is 51.1 Å². The molecule has 502 valence electrons. The Bertz CT molecular complexity index is 2180. The molecule has 5 rings (SSSR count). The van der Waals surface area contributed by atoms with Crippen LogP contribution in [0.1, 0.15) is 377 Å². The van der Waals surface area contributed by atoms with Crippen LogP contribution in [0.3, 0.4) is 0 Å². The third kappa shape index (κ3) is 25.8. The van der Waals surface area contributed by atoms with E-state index in [0.717, 1.165) is 6.42 Å². The number of benzene rings is 3. The molecule has 4 nitrogen and oxygen atoms in total. The zero-order valence-electron chi connectivity index (χ0n) is 59.6. The van der Waals surface area contributed by atoms with E-state index < -0.39 is 21.3 Å². The van der Waals surface area contributed by atoms with Gasteiger partial charge in [0.2, 0.25) is 0 Å². The molecular formula is C82H138O4S2. The van der Waals surface area contributed by atoms with Gasteiger partial charge < -0.3 is 4.55 Å². The van der Waals surface area contributed by atoms with Gasteiger partial charge in [-0.1, -0.05) is 286 Å². The van der Waals surface area contributed by atoms with Crippen LogP contribution >= 0.6 is 0 Å². The van der Waals surface area contributed by atoms with Gasteiger partial charge in [0, 0.05) is 45.2 Å². The molecule has 3 aromatic rings. The molecule has 3 aromatic carbocycles. The zero-order chi connectivity index (χ0) is 64.1. The van der Waals surface area contributed by atoms with Gasteiger partial charge in [0.1, 0.15) is 16.7 Å². The molecule has 0 heterocycles. The van der Waals surface area contributed by atoms with Crippen molar-refractivity contribution in [2.24, 2.45) is 16.7 Å². The van der Waals surface area contributed by atoms with Gasteiger partial charge >= 0.3 is 0 Å². The van der Waals surface area contributed by atoms with Crippen molar-refractivity contribution in [3.63, 3.8) is 0 Å². The molecule has 2 bridgehead atoms. The molecule has 6 heteroatoms. The molecule has 0 radical (unpaired) electrons. The molecule has 88 heavy (non-hydrogen) atoms. The van der Waals surface area contributed by atoms with Crippen LogP contribution in [-0.2, 0) is 83.6 Å². The van der Waals surface area contributed by atoms with Crippen molar-refractivity contribution in [1.82, 2.24) is 0 Å². The van der Waals surface area contributed by atoms with Gasteiger partial charge in [0.25, 0.3) is 0 Å². The summed E-state index contributed by atoms with van der Waals surface area (Å²) >= 11 is 0. The number of fused-ring (bicyclic) bond motifs is 2. The van der Waals surface area contributed by atoms with E-state index in [1.807, 2.05) is 28.5 Å². The molecule has 0 spiro atoms. The SMILES string of the molecule is CC1(C)C2CCC1(CS(=O)(=O)[O-])C(=O)C2.CCCCCCc1cc(CCCCCC)c([S+](c2c(CCCCCC)cc(CCCCCC)cc2CCCCCC)c2c(CCCCCC)cc(CCCCCC)cc2CCCCCC)c(CCCCCC)c1. The Balaban J connectivity index is 0.000000950. The number of carbonyl (C=O) groups is 1. The summed E-state index contributed by atoms with van der Waals surface area (Å²) in [6.45, 7) is 25.4. The predicted molar refractivity (Wildman–Crippen MR) is 385 cm³/mol. The quantitative estimate of drug-likeness (QED) is 0.0321. The monoisotopic (exact) mass is 1250 g/mol. The number of hydrogen-bond donors (Lipinski definition) is 0. The number of unbranched alkanes of at least 4 members (excludes halogenated alkanes) is 27. The predicted octanol–water partition coefficient (Wildman–Crippen LogP) is 24.8. The highest BCUT2D eigenvalue weighted by molar-refractivity contribution is 7.97. The molecular weight excluding hydrogens is 1110 g/mol. The van der Waals surface area contributed by atoms with Crippen molar-refractivity contribution in [3.8, 4) is 0 Å². The molecule has 0 aliphatic heterocycles.